The molecule has 1 unspecified atom stereocenters. The van der Waals surface area contributed by atoms with Gasteiger partial charge in [-0.2, -0.15) is 0 Å². The van der Waals surface area contributed by atoms with Crippen molar-refractivity contribution in [2.75, 3.05) is 6.61 Å². The molecule has 0 saturated heterocycles. The molecular formula is C10H15FO3. The van der Waals surface area contributed by atoms with Gasteiger partial charge in [0, 0.05) is 0 Å². The maximum Gasteiger partial charge on any atom is 0.313 e. The Morgan fingerprint density at radius 1 is 1.50 bits per heavy atom. The van der Waals surface area contributed by atoms with Gasteiger partial charge in [0.05, 0.1) is 6.61 Å². The van der Waals surface area contributed by atoms with Crippen molar-refractivity contribution in [1.82, 2.24) is 0 Å². The first-order valence-corrected chi connectivity index (χ1v) is 4.97. The highest BCUT2D eigenvalue weighted by Gasteiger charge is 2.33. The summed E-state index contributed by atoms with van der Waals surface area (Å²) in [5.74, 6) is -1.41. The molecule has 0 N–H and O–H groups in total. The third kappa shape index (κ3) is 2.79. The highest BCUT2D eigenvalue weighted by Crippen LogP contribution is 2.32. The molecule has 0 aromatic heterocycles. The molecule has 0 aromatic rings. The van der Waals surface area contributed by atoms with Crippen LogP contribution in [0.4, 0.5) is 4.39 Å². The molecule has 0 spiro atoms. The lowest BCUT2D eigenvalue weighted by Gasteiger charge is -2.27. The number of esters is 1. The first-order chi connectivity index (χ1) is 6.65. The van der Waals surface area contributed by atoms with Crippen LogP contribution in [0.5, 0.6) is 0 Å². The number of alkyl halides is 1. The molecule has 14 heavy (non-hydrogen) atoms. The third-order valence-corrected chi connectivity index (χ3v) is 2.50. The average molecular weight is 202 g/mol. The topological polar surface area (TPSA) is 43.4 Å². The first-order valence-electron chi connectivity index (χ1n) is 4.97. The standard InChI is InChI=1S/C10H15FO3/c1-2-14-9(13)6-8(12)10(11)7-4-3-5-7/h7,10H,2-6H2,1H3. The lowest BCUT2D eigenvalue weighted by atomic mass is 9.80. The second-order valence-corrected chi connectivity index (χ2v) is 3.54. The molecule has 0 bridgehead atoms. The summed E-state index contributed by atoms with van der Waals surface area (Å²) in [4.78, 5) is 22.1. The Morgan fingerprint density at radius 2 is 2.14 bits per heavy atom. The van der Waals surface area contributed by atoms with Gasteiger partial charge in [0.2, 0.25) is 0 Å². The summed E-state index contributed by atoms with van der Waals surface area (Å²) < 4.78 is 17.9. The predicted molar refractivity (Wildman–Crippen MR) is 48.5 cm³/mol. The number of ketones is 1. The zero-order chi connectivity index (χ0) is 10.6. The molecule has 1 aliphatic carbocycles. The van der Waals surface area contributed by atoms with E-state index in [1.165, 1.54) is 0 Å². The molecule has 1 aliphatic rings. The largest absolute Gasteiger partial charge is 0.466 e. The van der Waals surface area contributed by atoms with Crippen LogP contribution >= 0.6 is 0 Å². The van der Waals surface area contributed by atoms with Crippen molar-refractivity contribution in [2.24, 2.45) is 5.92 Å². The SMILES string of the molecule is CCOC(=O)CC(=O)C(F)C1CCC1. The first kappa shape index (κ1) is 11.1. The van der Waals surface area contributed by atoms with Gasteiger partial charge in [-0.05, 0) is 25.7 Å². The van der Waals surface area contributed by atoms with Crippen molar-refractivity contribution >= 4 is 11.8 Å². The minimum absolute atomic E-state index is 0.156. The highest BCUT2D eigenvalue weighted by molar-refractivity contribution is 5.98. The molecule has 0 amide bonds. The van der Waals surface area contributed by atoms with Gasteiger partial charge in [0.25, 0.3) is 0 Å². The Morgan fingerprint density at radius 3 is 2.57 bits per heavy atom. The summed E-state index contributed by atoms with van der Waals surface area (Å²) in [7, 11) is 0. The smallest absolute Gasteiger partial charge is 0.313 e. The lowest BCUT2D eigenvalue weighted by molar-refractivity contribution is -0.147. The van der Waals surface area contributed by atoms with E-state index in [1.807, 2.05) is 0 Å². The van der Waals surface area contributed by atoms with E-state index in [0.717, 1.165) is 19.3 Å². The van der Waals surface area contributed by atoms with Gasteiger partial charge in [-0.25, -0.2) is 4.39 Å². The number of hydrogen-bond acceptors (Lipinski definition) is 3. The Hall–Kier alpha value is -0.930. The van der Waals surface area contributed by atoms with Crippen LogP contribution in [0, 0.1) is 5.92 Å². The van der Waals surface area contributed by atoms with Crippen LogP contribution < -0.4 is 0 Å². The zero-order valence-electron chi connectivity index (χ0n) is 8.29. The minimum Gasteiger partial charge on any atom is -0.466 e. The van der Waals surface area contributed by atoms with Gasteiger partial charge in [-0.15, -0.1) is 0 Å². The van der Waals surface area contributed by atoms with Crippen LogP contribution in [-0.4, -0.2) is 24.5 Å². The fourth-order valence-corrected chi connectivity index (χ4v) is 1.45. The average Bonchev–Trinajstić information content (AvgIpc) is 2.01. The van der Waals surface area contributed by atoms with E-state index in [4.69, 9.17) is 0 Å². The molecular weight excluding hydrogens is 187 g/mol. The molecule has 3 nitrogen and oxygen atoms in total. The fourth-order valence-electron chi connectivity index (χ4n) is 1.45. The summed E-state index contributed by atoms with van der Waals surface area (Å²) in [6.07, 6.45) is 0.613. The van der Waals surface area contributed by atoms with Crippen LogP contribution in [0.1, 0.15) is 32.6 Å². The van der Waals surface area contributed by atoms with Crippen LogP contribution in [-0.2, 0) is 14.3 Å². The molecule has 1 atom stereocenters. The monoisotopic (exact) mass is 202 g/mol. The van der Waals surface area contributed by atoms with Crippen molar-refractivity contribution in [3.63, 3.8) is 0 Å². The van der Waals surface area contributed by atoms with Crippen molar-refractivity contribution in [3.05, 3.63) is 0 Å². The van der Waals surface area contributed by atoms with Crippen molar-refractivity contribution in [2.45, 2.75) is 38.8 Å². The lowest BCUT2D eigenvalue weighted by Crippen LogP contribution is -2.31. The second-order valence-electron chi connectivity index (χ2n) is 3.54. The van der Waals surface area contributed by atoms with Gasteiger partial charge < -0.3 is 4.74 Å². The maximum atomic E-state index is 13.3. The molecule has 4 heteroatoms. The van der Waals surface area contributed by atoms with Gasteiger partial charge >= 0.3 is 5.97 Å². The number of rotatable bonds is 5. The molecule has 80 valence electrons. The van der Waals surface area contributed by atoms with E-state index >= 15 is 0 Å². The summed E-state index contributed by atoms with van der Waals surface area (Å²) in [6.45, 7) is 1.88. The Balaban J connectivity index is 2.29. The second kappa shape index (κ2) is 5.08. The number of carbonyl (C=O) groups excluding carboxylic acids is 2. The van der Waals surface area contributed by atoms with Gasteiger partial charge in [0.1, 0.15) is 6.42 Å². The van der Waals surface area contributed by atoms with Crippen molar-refractivity contribution in [1.29, 1.82) is 0 Å². The maximum absolute atomic E-state index is 13.3. The van der Waals surface area contributed by atoms with E-state index in [0.29, 0.717) is 0 Å². The molecule has 0 aromatic carbocycles. The molecule has 1 saturated carbocycles. The Kier molecular flexibility index (Phi) is 4.04. The molecule has 1 fully saturated rings. The van der Waals surface area contributed by atoms with Gasteiger partial charge in [-0.1, -0.05) is 6.42 Å². The Labute approximate surface area is 82.6 Å². The molecule has 0 heterocycles. The fraction of sp³-hybridized carbons (Fsp3) is 0.800. The van der Waals surface area contributed by atoms with Gasteiger partial charge in [-0.3, -0.25) is 9.59 Å². The quantitative estimate of drug-likeness (QED) is 0.503. The van der Waals surface area contributed by atoms with Crippen LogP contribution in [0.3, 0.4) is 0 Å². The summed E-state index contributed by atoms with van der Waals surface area (Å²) in [5.41, 5.74) is 0. The van der Waals surface area contributed by atoms with Crippen molar-refractivity contribution < 1.29 is 18.7 Å². The van der Waals surface area contributed by atoms with Crippen molar-refractivity contribution in [3.8, 4) is 0 Å². The third-order valence-electron chi connectivity index (χ3n) is 2.50. The van der Waals surface area contributed by atoms with E-state index in [1.54, 1.807) is 6.92 Å². The van der Waals surface area contributed by atoms with E-state index in [2.05, 4.69) is 4.74 Å². The summed E-state index contributed by atoms with van der Waals surface area (Å²) in [6, 6.07) is 0. The zero-order valence-corrected chi connectivity index (χ0v) is 8.29. The number of halogens is 1. The van der Waals surface area contributed by atoms with E-state index in [9.17, 15) is 14.0 Å². The molecule has 1 rings (SSSR count). The van der Waals surface area contributed by atoms with E-state index in [-0.39, 0.29) is 12.5 Å². The molecule has 0 radical (unpaired) electrons. The minimum atomic E-state index is -1.46. The van der Waals surface area contributed by atoms with Crippen LogP contribution in [0.2, 0.25) is 0 Å². The number of ether oxygens (including phenoxy) is 1. The van der Waals surface area contributed by atoms with Crippen LogP contribution in [0.15, 0.2) is 0 Å². The number of carbonyl (C=O) groups is 2. The Bertz CT molecular complexity index is 223. The number of Topliss-reactive ketones (excluding diaryl/α,β-unsaturated/α-hetero) is 1. The predicted octanol–water partition coefficient (Wildman–Crippen LogP) is 1.65. The molecule has 0 aliphatic heterocycles. The van der Waals surface area contributed by atoms with Crippen LogP contribution in [0.25, 0.3) is 0 Å². The number of hydrogen-bond donors (Lipinski definition) is 0. The van der Waals surface area contributed by atoms with Gasteiger partial charge in [0.15, 0.2) is 12.0 Å². The highest BCUT2D eigenvalue weighted by atomic mass is 19.1. The summed E-state index contributed by atoms with van der Waals surface area (Å²) in [5, 5.41) is 0. The normalized spacial score (nSPS) is 18.4. The summed E-state index contributed by atoms with van der Waals surface area (Å²) >= 11 is 0. The van der Waals surface area contributed by atoms with E-state index < -0.39 is 24.3 Å².